The summed E-state index contributed by atoms with van der Waals surface area (Å²) in [4.78, 5) is 34.5. The van der Waals surface area contributed by atoms with E-state index in [1.54, 1.807) is 5.38 Å². The van der Waals surface area contributed by atoms with Crippen LogP contribution in [0.4, 0.5) is 0 Å². The number of nitrogens with one attached hydrogen (secondary N) is 2. The van der Waals surface area contributed by atoms with Crippen molar-refractivity contribution in [3.8, 4) is 0 Å². The number of aromatic nitrogens is 1. The number of carboxylic acid groups (broad SMARTS) is 1. The number of aliphatic carboxylic acids is 1. The third-order valence-electron chi connectivity index (χ3n) is 1.51. The van der Waals surface area contributed by atoms with Crippen molar-refractivity contribution in [3.63, 3.8) is 0 Å². The zero-order valence-corrected chi connectivity index (χ0v) is 9.82. The van der Waals surface area contributed by atoms with E-state index in [-0.39, 0.29) is 28.8 Å². The summed E-state index contributed by atoms with van der Waals surface area (Å²) in [5, 5.41) is 12.5. The first-order valence-electron chi connectivity index (χ1n) is 4.31. The summed E-state index contributed by atoms with van der Waals surface area (Å²) in [7, 11) is 0. The van der Waals surface area contributed by atoms with Crippen LogP contribution in [0.25, 0.3) is 0 Å². The van der Waals surface area contributed by atoms with Crippen LogP contribution < -0.4 is 10.2 Å². The van der Waals surface area contributed by atoms with Gasteiger partial charge >= 0.3 is 10.8 Å². The zero-order valence-electron chi connectivity index (χ0n) is 8.19. The molecule has 1 aromatic rings. The third kappa shape index (κ3) is 4.99. The van der Waals surface area contributed by atoms with Crippen molar-refractivity contribution < 1.29 is 14.7 Å². The summed E-state index contributed by atoms with van der Waals surface area (Å²) >= 11 is 2.06. The highest BCUT2D eigenvalue weighted by Crippen LogP contribution is 1.99. The van der Waals surface area contributed by atoms with Crippen LogP contribution in [0.3, 0.4) is 0 Å². The molecule has 1 heterocycles. The van der Waals surface area contributed by atoms with Crippen molar-refractivity contribution in [2.75, 3.05) is 11.5 Å². The average Bonchev–Trinajstić information content (AvgIpc) is 2.61. The van der Waals surface area contributed by atoms with E-state index < -0.39 is 5.97 Å². The molecule has 88 valence electrons. The smallest absolute Gasteiger partial charge is 0.313 e. The van der Waals surface area contributed by atoms with Gasteiger partial charge in [-0.05, 0) is 0 Å². The quantitative estimate of drug-likeness (QED) is 0.663. The molecular formula is C8H10N2O4S2. The molecule has 1 aromatic heterocycles. The first kappa shape index (κ1) is 12.8. The normalized spacial score (nSPS) is 10.0. The minimum Gasteiger partial charge on any atom is -0.481 e. The number of H-pyrrole nitrogens is 1. The van der Waals surface area contributed by atoms with Gasteiger partial charge in [-0.15, -0.1) is 11.8 Å². The molecule has 0 aliphatic heterocycles. The second kappa shape index (κ2) is 6.33. The van der Waals surface area contributed by atoms with Crippen LogP contribution in [0.1, 0.15) is 5.69 Å². The lowest BCUT2D eigenvalue weighted by Gasteiger charge is -2.01. The summed E-state index contributed by atoms with van der Waals surface area (Å²) in [6.45, 7) is 0.255. The molecule has 0 aromatic carbocycles. The van der Waals surface area contributed by atoms with Gasteiger partial charge in [0.25, 0.3) is 0 Å². The van der Waals surface area contributed by atoms with Gasteiger partial charge in [-0.2, -0.15) is 0 Å². The Morgan fingerprint density at radius 3 is 2.81 bits per heavy atom. The van der Waals surface area contributed by atoms with Gasteiger partial charge in [0.2, 0.25) is 5.91 Å². The fourth-order valence-corrected chi connectivity index (χ4v) is 2.02. The minimum absolute atomic E-state index is 0.0945. The Bertz CT molecular complexity index is 426. The Morgan fingerprint density at radius 1 is 1.50 bits per heavy atom. The van der Waals surface area contributed by atoms with Crippen LogP contribution in [0.2, 0.25) is 0 Å². The first-order chi connectivity index (χ1) is 7.58. The molecule has 0 unspecified atom stereocenters. The lowest BCUT2D eigenvalue weighted by molar-refractivity contribution is -0.133. The van der Waals surface area contributed by atoms with Crippen molar-refractivity contribution in [1.29, 1.82) is 0 Å². The number of aromatic amines is 1. The maximum absolute atomic E-state index is 11.2. The summed E-state index contributed by atoms with van der Waals surface area (Å²) in [6.07, 6.45) is 0. The lowest BCUT2D eigenvalue weighted by Crippen LogP contribution is -2.25. The van der Waals surface area contributed by atoms with E-state index >= 15 is 0 Å². The van der Waals surface area contributed by atoms with Crippen molar-refractivity contribution in [3.05, 3.63) is 20.7 Å². The first-order valence-corrected chi connectivity index (χ1v) is 6.34. The molecule has 0 atom stereocenters. The number of carbonyl (C=O) groups excluding carboxylic acids is 1. The predicted molar refractivity (Wildman–Crippen MR) is 61.7 cm³/mol. The molecule has 0 spiro atoms. The van der Waals surface area contributed by atoms with E-state index in [4.69, 9.17) is 5.11 Å². The summed E-state index contributed by atoms with van der Waals surface area (Å²) in [5.74, 6) is -1.19. The Labute approximate surface area is 99.1 Å². The van der Waals surface area contributed by atoms with Crippen LogP contribution in [-0.4, -0.2) is 33.5 Å². The van der Waals surface area contributed by atoms with Crippen LogP contribution in [-0.2, 0) is 16.1 Å². The van der Waals surface area contributed by atoms with Crippen LogP contribution in [0, 0.1) is 0 Å². The van der Waals surface area contributed by atoms with Crippen molar-refractivity contribution >= 4 is 35.0 Å². The van der Waals surface area contributed by atoms with E-state index in [0.29, 0.717) is 5.69 Å². The molecule has 0 saturated carbocycles. The van der Waals surface area contributed by atoms with Crippen LogP contribution in [0.15, 0.2) is 10.2 Å². The molecule has 0 aliphatic carbocycles. The van der Waals surface area contributed by atoms with E-state index in [1.165, 1.54) is 0 Å². The maximum atomic E-state index is 11.2. The van der Waals surface area contributed by atoms with Gasteiger partial charge in [-0.25, -0.2) is 0 Å². The van der Waals surface area contributed by atoms with Crippen molar-refractivity contribution in [2.45, 2.75) is 6.54 Å². The molecule has 6 nitrogen and oxygen atoms in total. The summed E-state index contributed by atoms with van der Waals surface area (Å²) in [6, 6.07) is 0. The van der Waals surface area contributed by atoms with Gasteiger partial charge in [0, 0.05) is 11.1 Å². The number of hydrogen-bond donors (Lipinski definition) is 3. The van der Waals surface area contributed by atoms with Gasteiger partial charge in [-0.3, -0.25) is 14.4 Å². The Balaban J connectivity index is 2.20. The monoisotopic (exact) mass is 262 g/mol. The maximum Gasteiger partial charge on any atom is 0.313 e. The summed E-state index contributed by atoms with van der Waals surface area (Å²) < 4.78 is 0. The number of thiazole rings is 1. The molecular weight excluding hydrogens is 252 g/mol. The fourth-order valence-electron chi connectivity index (χ4n) is 0.876. The molecule has 16 heavy (non-hydrogen) atoms. The van der Waals surface area contributed by atoms with E-state index in [0.717, 1.165) is 23.1 Å². The molecule has 0 radical (unpaired) electrons. The standard InChI is InChI=1S/C8H10N2O4S2/c11-6(3-15-4-7(12)13)9-1-5-2-16-8(14)10-5/h2H,1,3-4H2,(H,9,11)(H,10,14)(H,12,13). The van der Waals surface area contributed by atoms with Gasteiger partial charge in [0.1, 0.15) is 0 Å². The number of rotatable bonds is 6. The minimum atomic E-state index is -0.944. The second-order valence-corrected chi connectivity index (χ2v) is 4.66. The topological polar surface area (TPSA) is 99.3 Å². The molecule has 0 aliphatic rings. The highest BCUT2D eigenvalue weighted by molar-refractivity contribution is 8.00. The van der Waals surface area contributed by atoms with Crippen molar-refractivity contribution in [1.82, 2.24) is 10.3 Å². The van der Waals surface area contributed by atoms with E-state index in [1.807, 2.05) is 0 Å². The van der Waals surface area contributed by atoms with Gasteiger partial charge in [0.05, 0.1) is 18.1 Å². The molecule has 0 saturated heterocycles. The number of amides is 1. The second-order valence-electron chi connectivity index (χ2n) is 2.84. The zero-order chi connectivity index (χ0) is 12.0. The average molecular weight is 262 g/mol. The van der Waals surface area contributed by atoms with E-state index in [9.17, 15) is 14.4 Å². The molecule has 1 rings (SSSR count). The molecule has 0 bridgehead atoms. The van der Waals surface area contributed by atoms with Gasteiger partial charge < -0.3 is 15.4 Å². The third-order valence-corrected chi connectivity index (χ3v) is 3.14. The molecule has 0 fully saturated rings. The fraction of sp³-hybridized carbons (Fsp3) is 0.375. The Hall–Kier alpha value is -1.28. The van der Waals surface area contributed by atoms with Crippen LogP contribution in [0.5, 0.6) is 0 Å². The largest absolute Gasteiger partial charge is 0.481 e. The van der Waals surface area contributed by atoms with E-state index in [2.05, 4.69) is 10.3 Å². The predicted octanol–water partition coefficient (Wildman–Crippen LogP) is -0.130. The number of carboxylic acids is 1. The Morgan fingerprint density at radius 2 is 2.25 bits per heavy atom. The van der Waals surface area contributed by atoms with Crippen LogP contribution >= 0.6 is 23.1 Å². The molecule has 1 amide bonds. The number of thioether (sulfide) groups is 1. The van der Waals surface area contributed by atoms with Crippen molar-refractivity contribution in [2.24, 2.45) is 0 Å². The number of carbonyl (C=O) groups is 2. The molecule has 8 heteroatoms. The molecule has 3 N–H and O–H groups in total. The summed E-state index contributed by atoms with van der Waals surface area (Å²) in [5.41, 5.74) is 0.645. The van der Waals surface area contributed by atoms with Gasteiger partial charge in [-0.1, -0.05) is 11.3 Å². The van der Waals surface area contributed by atoms with Gasteiger partial charge in [0.15, 0.2) is 0 Å². The Kier molecular flexibility index (Phi) is 5.06. The number of hydrogen-bond acceptors (Lipinski definition) is 5. The SMILES string of the molecule is O=C(O)CSCC(=O)NCc1csc(=O)[nH]1. The highest BCUT2D eigenvalue weighted by Gasteiger charge is 2.04. The lowest BCUT2D eigenvalue weighted by atomic mass is 10.5. The highest BCUT2D eigenvalue weighted by atomic mass is 32.2.